The molecule has 0 saturated heterocycles. The minimum atomic E-state index is -0.495. The fourth-order valence-electron chi connectivity index (χ4n) is 1.66. The number of aromatic nitrogens is 2. The van der Waals surface area contributed by atoms with E-state index in [-0.39, 0.29) is 6.09 Å². The first-order valence-electron chi connectivity index (χ1n) is 6.89. The average molecular weight is 320 g/mol. The molecule has 7 heteroatoms. The third kappa shape index (κ3) is 5.00. The molecular weight excluding hydrogens is 300 g/mol. The molecule has 0 atom stereocenters. The minimum absolute atomic E-state index is 0.350. The molecule has 0 radical (unpaired) electrons. The van der Waals surface area contributed by atoms with E-state index in [0.29, 0.717) is 6.54 Å². The first-order valence-corrected chi connectivity index (χ1v) is 7.77. The summed E-state index contributed by atoms with van der Waals surface area (Å²) in [5.74, 6) is 0.721. The molecule has 118 valence electrons. The van der Waals surface area contributed by atoms with Crippen molar-refractivity contribution in [2.45, 2.75) is 32.9 Å². The normalized spacial score (nSPS) is 11.1. The maximum Gasteiger partial charge on any atom is 0.410 e. The monoisotopic (exact) mass is 320 g/mol. The van der Waals surface area contributed by atoms with Crippen molar-refractivity contribution in [1.82, 2.24) is 14.9 Å². The Kier molecular flexibility index (Phi) is 4.97. The largest absolute Gasteiger partial charge is 0.444 e. The number of rotatable bonds is 4. The molecular formula is C15H20N4O2S. The van der Waals surface area contributed by atoms with Gasteiger partial charge in [0, 0.05) is 24.8 Å². The van der Waals surface area contributed by atoms with Gasteiger partial charge in [0.1, 0.15) is 11.4 Å². The molecule has 0 bridgehead atoms. The fourth-order valence-corrected chi connectivity index (χ4v) is 2.20. The average Bonchev–Trinajstić information content (AvgIpc) is 2.92. The summed E-state index contributed by atoms with van der Waals surface area (Å²) in [5.41, 5.74) is 0.434. The van der Waals surface area contributed by atoms with Crippen LogP contribution in [0.3, 0.4) is 0 Å². The number of hydrogen-bond donors (Lipinski definition) is 1. The van der Waals surface area contributed by atoms with Crippen LogP contribution in [0.15, 0.2) is 29.9 Å². The molecule has 1 N–H and O–H groups in total. The molecule has 2 heterocycles. The van der Waals surface area contributed by atoms with E-state index in [0.717, 1.165) is 16.5 Å². The van der Waals surface area contributed by atoms with Gasteiger partial charge in [-0.15, -0.1) is 11.3 Å². The van der Waals surface area contributed by atoms with E-state index in [9.17, 15) is 4.79 Å². The van der Waals surface area contributed by atoms with E-state index in [1.807, 2.05) is 38.3 Å². The van der Waals surface area contributed by atoms with Crippen molar-refractivity contribution in [2.75, 3.05) is 12.4 Å². The number of nitrogens with one attached hydrogen (secondary N) is 1. The van der Waals surface area contributed by atoms with Crippen LogP contribution >= 0.6 is 11.3 Å². The van der Waals surface area contributed by atoms with E-state index in [4.69, 9.17) is 4.74 Å². The van der Waals surface area contributed by atoms with Crippen LogP contribution in [-0.4, -0.2) is 33.6 Å². The molecule has 0 aromatic carbocycles. The second-order valence-electron chi connectivity index (χ2n) is 5.85. The smallest absolute Gasteiger partial charge is 0.410 e. The number of carbonyl (C=O) groups excluding carboxylic acids is 1. The van der Waals surface area contributed by atoms with Gasteiger partial charge in [0.25, 0.3) is 0 Å². The Morgan fingerprint density at radius 2 is 2.14 bits per heavy atom. The first-order chi connectivity index (χ1) is 10.3. The van der Waals surface area contributed by atoms with Gasteiger partial charge < -0.3 is 15.0 Å². The van der Waals surface area contributed by atoms with Crippen molar-refractivity contribution in [2.24, 2.45) is 0 Å². The molecule has 0 saturated carbocycles. The zero-order valence-electron chi connectivity index (χ0n) is 13.2. The Hall–Kier alpha value is -2.15. The van der Waals surface area contributed by atoms with E-state index in [2.05, 4.69) is 15.3 Å². The van der Waals surface area contributed by atoms with Crippen molar-refractivity contribution < 1.29 is 9.53 Å². The summed E-state index contributed by atoms with van der Waals surface area (Å²) >= 11 is 1.51. The Morgan fingerprint density at radius 3 is 2.68 bits per heavy atom. The zero-order chi connectivity index (χ0) is 16.2. The summed E-state index contributed by atoms with van der Waals surface area (Å²) in [6.45, 7) is 5.98. The molecule has 2 aromatic rings. The summed E-state index contributed by atoms with van der Waals surface area (Å²) < 4.78 is 5.31. The topological polar surface area (TPSA) is 67.3 Å². The fraction of sp³-hybridized carbons (Fsp3) is 0.400. The van der Waals surface area contributed by atoms with Crippen LogP contribution in [0, 0.1) is 0 Å². The number of carbonyl (C=O) groups is 1. The molecule has 0 aliphatic heterocycles. The Balaban J connectivity index is 1.92. The van der Waals surface area contributed by atoms with Gasteiger partial charge in [-0.2, -0.15) is 0 Å². The summed E-state index contributed by atoms with van der Waals surface area (Å²) in [7, 11) is 1.70. The maximum atomic E-state index is 11.9. The van der Waals surface area contributed by atoms with Crippen LogP contribution in [0.25, 0.3) is 0 Å². The molecule has 0 unspecified atom stereocenters. The van der Waals surface area contributed by atoms with Crippen molar-refractivity contribution in [3.63, 3.8) is 0 Å². The SMILES string of the molecule is CN(Cc1ccc(Nc2nccs2)nc1)C(=O)OC(C)(C)C. The van der Waals surface area contributed by atoms with E-state index >= 15 is 0 Å². The molecule has 0 aliphatic carbocycles. The lowest BCUT2D eigenvalue weighted by Gasteiger charge is -2.24. The lowest BCUT2D eigenvalue weighted by molar-refractivity contribution is 0.0285. The molecule has 2 rings (SSSR count). The predicted octanol–water partition coefficient (Wildman–Crippen LogP) is 3.65. The third-order valence-corrected chi connectivity index (χ3v) is 3.31. The Bertz CT molecular complexity index is 605. The Labute approximate surface area is 134 Å². The first kappa shape index (κ1) is 16.2. The lowest BCUT2D eigenvalue weighted by Crippen LogP contribution is -2.33. The van der Waals surface area contributed by atoms with Gasteiger partial charge in [0.05, 0.1) is 6.54 Å². The summed E-state index contributed by atoms with van der Waals surface area (Å²) in [4.78, 5) is 21.9. The number of amides is 1. The number of hydrogen-bond acceptors (Lipinski definition) is 6. The van der Waals surface area contributed by atoms with Crippen LogP contribution in [0.4, 0.5) is 15.7 Å². The number of thiazole rings is 1. The number of nitrogens with zero attached hydrogens (tertiary/aromatic N) is 3. The van der Waals surface area contributed by atoms with E-state index in [1.165, 1.54) is 16.2 Å². The zero-order valence-corrected chi connectivity index (χ0v) is 14.0. The van der Waals surface area contributed by atoms with Crippen molar-refractivity contribution in [3.8, 4) is 0 Å². The van der Waals surface area contributed by atoms with Gasteiger partial charge in [-0.3, -0.25) is 0 Å². The standard InChI is InChI=1S/C15H20N4O2S/c1-15(2,3)21-14(20)19(4)10-11-5-6-12(17-9-11)18-13-16-7-8-22-13/h5-9H,10H2,1-4H3,(H,16,17,18). The van der Waals surface area contributed by atoms with Crippen molar-refractivity contribution in [1.29, 1.82) is 0 Å². The van der Waals surface area contributed by atoms with Gasteiger partial charge in [0.15, 0.2) is 5.13 Å². The van der Waals surface area contributed by atoms with Gasteiger partial charge in [0.2, 0.25) is 0 Å². The van der Waals surface area contributed by atoms with E-state index < -0.39 is 5.60 Å². The highest BCUT2D eigenvalue weighted by Crippen LogP contribution is 2.17. The lowest BCUT2D eigenvalue weighted by atomic mass is 10.2. The number of ether oxygens (including phenoxy) is 1. The van der Waals surface area contributed by atoms with Crippen LogP contribution in [0.1, 0.15) is 26.3 Å². The van der Waals surface area contributed by atoms with Crippen LogP contribution < -0.4 is 5.32 Å². The molecule has 22 heavy (non-hydrogen) atoms. The minimum Gasteiger partial charge on any atom is -0.444 e. The maximum absolute atomic E-state index is 11.9. The number of anilines is 2. The second-order valence-corrected chi connectivity index (χ2v) is 6.74. The van der Waals surface area contributed by atoms with Gasteiger partial charge >= 0.3 is 6.09 Å². The highest BCUT2D eigenvalue weighted by molar-refractivity contribution is 7.13. The molecule has 0 spiro atoms. The highest BCUT2D eigenvalue weighted by Gasteiger charge is 2.19. The predicted molar refractivity (Wildman–Crippen MR) is 87.3 cm³/mol. The molecule has 1 amide bonds. The highest BCUT2D eigenvalue weighted by atomic mass is 32.1. The number of pyridine rings is 1. The van der Waals surface area contributed by atoms with Crippen LogP contribution in [0.5, 0.6) is 0 Å². The van der Waals surface area contributed by atoms with Crippen molar-refractivity contribution >= 4 is 28.4 Å². The molecule has 6 nitrogen and oxygen atoms in total. The summed E-state index contributed by atoms with van der Waals surface area (Å²) in [6.07, 6.45) is 3.12. The van der Waals surface area contributed by atoms with Crippen LogP contribution in [0.2, 0.25) is 0 Å². The molecule has 0 aliphatic rings. The van der Waals surface area contributed by atoms with Gasteiger partial charge in [-0.25, -0.2) is 14.8 Å². The summed E-state index contributed by atoms with van der Waals surface area (Å²) in [6, 6.07) is 3.78. The Morgan fingerprint density at radius 1 is 1.36 bits per heavy atom. The van der Waals surface area contributed by atoms with Crippen molar-refractivity contribution in [3.05, 3.63) is 35.5 Å². The summed E-state index contributed by atoms with van der Waals surface area (Å²) in [5, 5.41) is 5.80. The molecule has 2 aromatic heterocycles. The quantitative estimate of drug-likeness (QED) is 0.931. The second kappa shape index (κ2) is 6.74. The van der Waals surface area contributed by atoms with E-state index in [1.54, 1.807) is 19.4 Å². The van der Waals surface area contributed by atoms with Crippen LogP contribution in [-0.2, 0) is 11.3 Å². The molecule has 0 fully saturated rings. The van der Waals surface area contributed by atoms with Gasteiger partial charge in [-0.05, 0) is 32.4 Å². The van der Waals surface area contributed by atoms with Gasteiger partial charge in [-0.1, -0.05) is 6.07 Å². The third-order valence-electron chi connectivity index (χ3n) is 2.62.